The minimum absolute atomic E-state index is 0.171. The summed E-state index contributed by atoms with van der Waals surface area (Å²) in [6, 6.07) is 2.95. The molecule has 1 heterocycles. The molecule has 0 bridgehead atoms. The molecule has 2 atom stereocenters. The van der Waals surface area contributed by atoms with Gasteiger partial charge in [0.25, 0.3) is 0 Å². The smallest absolute Gasteiger partial charge is 0.249 e. The second kappa shape index (κ2) is 8.20. The third-order valence-electron chi connectivity index (χ3n) is 3.95. The van der Waals surface area contributed by atoms with Crippen molar-refractivity contribution in [2.75, 3.05) is 6.61 Å². The zero-order valence-corrected chi connectivity index (χ0v) is 12.6. The van der Waals surface area contributed by atoms with Gasteiger partial charge in [-0.15, -0.1) is 0 Å². The Labute approximate surface area is 125 Å². The van der Waals surface area contributed by atoms with Crippen LogP contribution in [-0.2, 0) is 9.53 Å². The van der Waals surface area contributed by atoms with E-state index >= 15 is 0 Å². The lowest BCUT2D eigenvalue weighted by atomic mass is 10.1. The number of aliphatic hydroxyl groups excluding tert-OH is 1. The molecule has 0 aliphatic heterocycles. The molecule has 1 fully saturated rings. The summed E-state index contributed by atoms with van der Waals surface area (Å²) in [6.07, 6.45) is 8.09. The highest BCUT2D eigenvalue weighted by Gasteiger charge is 2.23. The predicted molar refractivity (Wildman–Crippen MR) is 78.7 cm³/mol. The Bertz CT molecular complexity index is 410. The Morgan fingerprint density at radius 1 is 1.43 bits per heavy atom. The Morgan fingerprint density at radius 3 is 2.71 bits per heavy atom. The summed E-state index contributed by atoms with van der Waals surface area (Å²) in [5.74, 6) is 0.335. The van der Waals surface area contributed by atoms with Crippen molar-refractivity contribution in [3.63, 3.8) is 0 Å². The van der Waals surface area contributed by atoms with Crippen molar-refractivity contribution in [2.24, 2.45) is 0 Å². The van der Waals surface area contributed by atoms with Crippen LogP contribution in [0.4, 0.5) is 0 Å². The number of nitrogens with one attached hydrogen (secondary N) is 1. The third-order valence-corrected chi connectivity index (χ3v) is 3.95. The molecule has 1 saturated carbocycles. The summed E-state index contributed by atoms with van der Waals surface area (Å²) in [6.45, 7) is 1.56. The van der Waals surface area contributed by atoms with Gasteiger partial charge < -0.3 is 19.6 Å². The summed E-state index contributed by atoms with van der Waals surface area (Å²) in [7, 11) is 0. The number of ether oxygens (including phenoxy) is 1. The first-order valence-corrected chi connectivity index (χ1v) is 7.81. The van der Waals surface area contributed by atoms with E-state index in [-0.39, 0.29) is 18.6 Å². The van der Waals surface area contributed by atoms with E-state index in [1.165, 1.54) is 31.9 Å². The molecule has 1 aromatic heterocycles. The maximum atomic E-state index is 12.2. The molecule has 118 valence electrons. The Hall–Kier alpha value is -1.33. The summed E-state index contributed by atoms with van der Waals surface area (Å²) in [5.41, 5.74) is 0. The van der Waals surface area contributed by atoms with Gasteiger partial charge in [0, 0.05) is 0 Å². The molecule has 0 aromatic carbocycles. The van der Waals surface area contributed by atoms with Gasteiger partial charge in [-0.1, -0.05) is 25.7 Å². The third kappa shape index (κ3) is 4.86. The molecular weight excluding hydrogens is 270 g/mol. The van der Waals surface area contributed by atoms with E-state index in [1.54, 1.807) is 19.1 Å². The van der Waals surface area contributed by atoms with Crippen molar-refractivity contribution in [2.45, 2.75) is 63.7 Å². The van der Waals surface area contributed by atoms with Crippen LogP contribution in [0.2, 0.25) is 0 Å². The lowest BCUT2D eigenvalue weighted by Crippen LogP contribution is -2.39. The number of amides is 1. The lowest BCUT2D eigenvalue weighted by Gasteiger charge is -2.22. The van der Waals surface area contributed by atoms with E-state index in [4.69, 9.17) is 9.15 Å². The van der Waals surface area contributed by atoms with Gasteiger partial charge in [0.05, 0.1) is 19.0 Å². The number of carbonyl (C=O) groups excluding carboxylic acids is 1. The van der Waals surface area contributed by atoms with Gasteiger partial charge in [-0.3, -0.25) is 4.79 Å². The maximum Gasteiger partial charge on any atom is 0.249 e. The van der Waals surface area contributed by atoms with Crippen LogP contribution in [0, 0.1) is 0 Å². The fraction of sp³-hybridized carbons (Fsp3) is 0.688. The van der Waals surface area contributed by atoms with Gasteiger partial charge in [-0.05, 0) is 31.9 Å². The minimum atomic E-state index is -0.521. The Morgan fingerprint density at radius 2 is 2.14 bits per heavy atom. The molecule has 0 radical (unpaired) electrons. The number of carbonyl (C=O) groups is 1. The quantitative estimate of drug-likeness (QED) is 0.791. The standard InChI is InChI=1S/C16H25NO4/c1-12(21-13-7-4-2-3-5-8-13)16(19)17-14(11-18)15-9-6-10-20-15/h6,9-10,12-14,18H,2-5,7-8,11H2,1H3,(H,17,19). The molecule has 21 heavy (non-hydrogen) atoms. The van der Waals surface area contributed by atoms with Crippen LogP contribution in [0.25, 0.3) is 0 Å². The van der Waals surface area contributed by atoms with Crippen molar-refractivity contribution in [3.8, 4) is 0 Å². The molecule has 1 aliphatic carbocycles. The Kier molecular flexibility index (Phi) is 6.26. The van der Waals surface area contributed by atoms with E-state index in [2.05, 4.69) is 5.32 Å². The molecule has 5 nitrogen and oxygen atoms in total. The van der Waals surface area contributed by atoms with Crippen LogP contribution >= 0.6 is 0 Å². The summed E-state index contributed by atoms with van der Waals surface area (Å²) < 4.78 is 11.1. The van der Waals surface area contributed by atoms with E-state index in [0.29, 0.717) is 5.76 Å². The number of hydrogen-bond donors (Lipinski definition) is 2. The number of furan rings is 1. The number of aliphatic hydroxyl groups is 1. The Balaban J connectivity index is 1.83. The zero-order valence-electron chi connectivity index (χ0n) is 12.6. The summed E-state index contributed by atoms with van der Waals surface area (Å²) in [5, 5.41) is 12.1. The highest BCUT2D eigenvalue weighted by atomic mass is 16.5. The SMILES string of the molecule is CC(OC1CCCCCC1)C(=O)NC(CO)c1ccco1. The van der Waals surface area contributed by atoms with E-state index < -0.39 is 12.1 Å². The van der Waals surface area contributed by atoms with Crippen molar-refractivity contribution in [3.05, 3.63) is 24.2 Å². The van der Waals surface area contributed by atoms with E-state index in [1.807, 2.05) is 0 Å². The second-order valence-corrected chi connectivity index (χ2v) is 5.65. The second-order valence-electron chi connectivity index (χ2n) is 5.65. The fourth-order valence-electron chi connectivity index (χ4n) is 2.71. The maximum absolute atomic E-state index is 12.2. The van der Waals surface area contributed by atoms with Gasteiger partial charge in [-0.25, -0.2) is 0 Å². The molecule has 1 aliphatic rings. The number of rotatable bonds is 6. The lowest BCUT2D eigenvalue weighted by molar-refractivity contribution is -0.137. The first-order chi connectivity index (χ1) is 10.2. The van der Waals surface area contributed by atoms with Crippen LogP contribution in [0.3, 0.4) is 0 Å². The van der Waals surface area contributed by atoms with E-state index in [9.17, 15) is 9.90 Å². The fourth-order valence-corrected chi connectivity index (χ4v) is 2.71. The number of hydrogen-bond acceptors (Lipinski definition) is 4. The van der Waals surface area contributed by atoms with Crippen LogP contribution in [-0.4, -0.2) is 29.8 Å². The molecule has 1 amide bonds. The molecule has 1 aromatic rings. The predicted octanol–water partition coefficient (Wildman–Crippen LogP) is 2.56. The largest absolute Gasteiger partial charge is 0.467 e. The van der Waals surface area contributed by atoms with Gasteiger partial charge in [0.2, 0.25) is 5.91 Å². The van der Waals surface area contributed by atoms with Crippen LogP contribution < -0.4 is 5.32 Å². The van der Waals surface area contributed by atoms with Crippen molar-refractivity contribution in [1.29, 1.82) is 0 Å². The van der Waals surface area contributed by atoms with Crippen LogP contribution in [0.1, 0.15) is 57.3 Å². The zero-order chi connectivity index (χ0) is 15.1. The van der Waals surface area contributed by atoms with Crippen LogP contribution in [0.15, 0.2) is 22.8 Å². The average Bonchev–Trinajstić information content (AvgIpc) is 2.90. The van der Waals surface area contributed by atoms with Gasteiger partial charge >= 0.3 is 0 Å². The average molecular weight is 295 g/mol. The molecule has 0 saturated heterocycles. The molecule has 2 unspecified atom stereocenters. The van der Waals surface area contributed by atoms with E-state index in [0.717, 1.165) is 12.8 Å². The molecule has 5 heteroatoms. The van der Waals surface area contributed by atoms with Gasteiger partial charge in [-0.2, -0.15) is 0 Å². The molecule has 0 spiro atoms. The minimum Gasteiger partial charge on any atom is -0.467 e. The first-order valence-electron chi connectivity index (χ1n) is 7.81. The molecule has 2 N–H and O–H groups in total. The first kappa shape index (κ1) is 16.0. The monoisotopic (exact) mass is 295 g/mol. The van der Waals surface area contributed by atoms with Gasteiger partial charge in [0.15, 0.2) is 0 Å². The normalized spacial score (nSPS) is 19.7. The molecular formula is C16H25NO4. The topological polar surface area (TPSA) is 71.7 Å². The summed E-state index contributed by atoms with van der Waals surface area (Å²) >= 11 is 0. The highest BCUT2D eigenvalue weighted by molar-refractivity contribution is 5.80. The van der Waals surface area contributed by atoms with Crippen molar-refractivity contribution in [1.82, 2.24) is 5.32 Å². The molecule has 2 rings (SSSR count). The van der Waals surface area contributed by atoms with Crippen molar-refractivity contribution >= 4 is 5.91 Å². The van der Waals surface area contributed by atoms with Gasteiger partial charge in [0.1, 0.15) is 17.9 Å². The van der Waals surface area contributed by atoms with Crippen LogP contribution in [0.5, 0.6) is 0 Å². The van der Waals surface area contributed by atoms with Crippen molar-refractivity contribution < 1.29 is 19.1 Å². The summed E-state index contributed by atoms with van der Waals surface area (Å²) in [4.78, 5) is 12.2. The highest BCUT2D eigenvalue weighted by Crippen LogP contribution is 2.21.